The molecule has 4 N–H and O–H groups in total. The van der Waals surface area contributed by atoms with Crippen molar-refractivity contribution in [3.63, 3.8) is 0 Å². The number of esters is 1. The molecule has 2 aliphatic heterocycles. The van der Waals surface area contributed by atoms with E-state index in [4.69, 9.17) is 4.74 Å². The van der Waals surface area contributed by atoms with Crippen molar-refractivity contribution >= 4 is 23.9 Å². The first kappa shape index (κ1) is 16.3. The molecule has 2 aliphatic rings. The van der Waals surface area contributed by atoms with Crippen molar-refractivity contribution in [3.05, 3.63) is 36.2 Å². The summed E-state index contributed by atoms with van der Waals surface area (Å²) in [6, 6.07) is -1.11. The summed E-state index contributed by atoms with van der Waals surface area (Å²) in [6.07, 6.45) is 4.76. The predicted molar refractivity (Wildman–Crippen MR) is 82.4 cm³/mol. The van der Waals surface area contributed by atoms with Crippen molar-refractivity contribution in [2.45, 2.75) is 13.0 Å². The predicted octanol–water partition coefficient (Wildman–Crippen LogP) is -0.104. The lowest BCUT2D eigenvalue weighted by Crippen LogP contribution is -2.36. The molecule has 2 rings (SSSR count). The molecule has 0 spiro atoms. The Morgan fingerprint density at radius 1 is 1.48 bits per heavy atom. The maximum absolute atomic E-state index is 11.7. The standard InChI is InChI=1S/C14H17N5O4/c1-8(2)12(20)23-6-5-15-13(21)17-9-3-4-10-11(16-7-9)19-14(22)18-10/h3-4,7,10H,1,5-6H2,2H3,(H2,15,17,21)(H2,16,18,19,22). The van der Waals surface area contributed by atoms with Gasteiger partial charge in [0.1, 0.15) is 18.5 Å². The van der Waals surface area contributed by atoms with Gasteiger partial charge in [-0.1, -0.05) is 12.7 Å². The van der Waals surface area contributed by atoms with E-state index in [1.54, 1.807) is 19.1 Å². The average Bonchev–Trinajstić information content (AvgIpc) is 2.76. The van der Waals surface area contributed by atoms with Crippen LogP contribution in [0.3, 0.4) is 0 Å². The number of hydrogen-bond acceptors (Lipinski definition) is 5. The van der Waals surface area contributed by atoms with Crippen molar-refractivity contribution in [1.82, 2.24) is 21.3 Å². The molecule has 1 unspecified atom stereocenters. The topological polar surface area (TPSA) is 121 Å². The summed E-state index contributed by atoms with van der Waals surface area (Å²) in [6.45, 7) is 5.21. The summed E-state index contributed by atoms with van der Waals surface area (Å²) in [5, 5.41) is 10.3. The van der Waals surface area contributed by atoms with E-state index >= 15 is 0 Å². The van der Waals surface area contributed by atoms with Crippen LogP contribution in [-0.4, -0.2) is 43.1 Å². The minimum absolute atomic E-state index is 0.0499. The van der Waals surface area contributed by atoms with E-state index in [0.717, 1.165) is 0 Å². The van der Waals surface area contributed by atoms with Crippen LogP contribution in [0.15, 0.2) is 41.2 Å². The Morgan fingerprint density at radius 3 is 3.00 bits per heavy atom. The van der Waals surface area contributed by atoms with Gasteiger partial charge in [0.15, 0.2) is 0 Å². The van der Waals surface area contributed by atoms with Crippen LogP contribution in [0.2, 0.25) is 0 Å². The number of rotatable bonds is 5. The van der Waals surface area contributed by atoms with Crippen molar-refractivity contribution in [2.75, 3.05) is 13.2 Å². The zero-order valence-corrected chi connectivity index (χ0v) is 12.5. The Morgan fingerprint density at radius 2 is 2.26 bits per heavy atom. The van der Waals surface area contributed by atoms with E-state index in [0.29, 0.717) is 17.1 Å². The average molecular weight is 319 g/mol. The monoisotopic (exact) mass is 319 g/mol. The third-order valence-electron chi connectivity index (χ3n) is 2.86. The van der Waals surface area contributed by atoms with Crippen molar-refractivity contribution < 1.29 is 19.1 Å². The van der Waals surface area contributed by atoms with Gasteiger partial charge in [0, 0.05) is 5.57 Å². The molecule has 0 saturated carbocycles. The van der Waals surface area contributed by atoms with Crippen LogP contribution in [0.25, 0.3) is 0 Å². The normalized spacial score (nSPS) is 18.5. The van der Waals surface area contributed by atoms with E-state index in [2.05, 4.69) is 32.8 Å². The quantitative estimate of drug-likeness (QED) is 0.321. The zero-order valence-electron chi connectivity index (χ0n) is 12.5. The minimum Gasteiger partial charge on any atom is -0.460 e. The number of allylic oxidation sites excluding steroid dienone is 1. The van der Waals surface area contributed by atoms with Crippen molar-refractivity contribution in [1.29, 1.82) is 0 Å². The Labute approximate surface area is 132 Å². The van der Waals surface area contributed by atoms with Gasteiger partial charge in [-0.05, 0) is 13.0 Å². The van der Waals surface area contributed by atoms with E-state index in [9.17, 15) is 14.4 Å². The molecule has 1 fully saturated rings. The fraction of sp³-hybridized carbons (Fsp3) is 0.286. The molecule has 0 aromatic heterocycles. The van der Waals surface area contributed by atoms with E-state index in [1.807, 2.05) is 0 Å². The van der Waals surface area contributed by atoms with Crippen LogP contribution in [-0.2, 0) is 9.53 Å². The first-order valence-corrected chi connectivity index (χ1v) is 6.87. The van der Waals surface area contributed by atoms with Crippen LogP contribution in [0.1, 0.15) is 6.92 Å². The second kappa shape index (κ2) is 7.25. The van der Waals surface area contributed by atoms with Crippen LogP contribution < -0.4 is 21.3 Å². The van der Waals surface area contributed by atoms with Crippen molar-refractivity contribution in [3.8, 4) is 0 Å². The lowest BCUT2D eigenvalue weighted by molar-refractivity contribution is -0.138. The number of carbonyl (C=O) groups excluding carboxylic acids is 3. The molecule has 0 aromatic carbocycles. The molecule has 0 radical (unpaired) electrons. The highest BCUT2D eigenvalue weighted by Crippen LogP contribution is 2.06. The number of aliphatic imine (C=N–C) groups is 1. The smallest absolute Gasteiger partial charge is 0.333 e. The number of fused-ring (bicyclic) bond motifs is 1. The maximum atomic E-state index is 11.7. The molecule has 23 heavy (non-hydrogen) atoms. The van der Waals surface area contributed by atoms with E-state index in [1.165, 1.54) is 6.20 Å². The molecule has 122 valence electrons. The summed E-state index contributed by atoms with van der Waals surface area (Å²) < 4.78 is 4.84. The molecule has 4 amide bonds. The molecule has 0 bridgehead atoms. The number of hydrogen-bond donors (Lipinski definition) is 4. The summed E-state index contributed by atoms with van der Waals surface area (Å²) >= 11 is 0. The largest absolute Gasteiger partial charge is 0.460 e. The second-order valence-electron chi connectivity index (χ2n) is 4.83. The zero-order chi connectivity index (χ0) is 16.8. The third kappa shape index (κ3) is 4.70. The Balaban J connectivity index is 1.76. The third-order valence-corrected chi connectivity index (χ3v) is 2.86. The lowest BCUT2D eigenvalue weighted by Gasteiger charge is -2.08. The fourth-order valence-corrected chi connectivity index (χ4v) is 1.75. The van der Waals surface area contributed by atoms with Gasteiger partial charge < -0.3 is 20.7 Å². The molecule has 2 heterocycles. The number of nitrogens with one attached hydrogen (secondary N) is 4. The number of ether oxygens (including phenoxy) is 1. The van der Waals surface area contributed by atoms with Gasteiger partial charge in [0.25, 0.3) is 0 Å². The lowest BCUT2D eigenvalue weighted by atomic mass is 10.2. The minimum atomic E-state index is -0.501. The Hall–Kier alpha value is -3.10. The number of amidine groups is 1. The van der Waals surface area contributed by atoms with Gasteiger partial charge in [0.05, 0.1) is 18.4 Å². The highest BCUT2D eigenvalue weighted by Gasteiger charge is 2.25. The summed E-state index contributed by atoms with van der Waals surface area (Å²) in [4.78, 5) is 38.1. The first-order chi connectivity index (χ1) is 11.0. The highest BCUT2D eigenvalue weighted by atomic mass is 16.5. The summed E-state index contributed by atoms with van der Waals surface area (Å²) in [5.74, 6) is -0.0336. The van der Waals surface area contributed by atoms with Gasteiger partial charge in [-0.15, -0.1) is 0 Å². The fourth-order valence-electron chi connectivity index (χ4n) is 1.75. The summed E-state index contributed by atoms with van der Waals surface area (Å²) in [7, 11) is 0. The SMILES string of the molecule is C=C(C)C(=O)OCCNC(=O)NC1=CN=C2NC(=O)NC2C=C1. The number of carbonyl (C=O) groups is 3. The van der Waals surface area contributed by atoms with Crippen LogP contribution in [0.5, 0.6) is 0 Å². The molecular weight excluding hydrogens is 302 g/mol. The Kier molecular flexibility index (Phi) is 5.13. The molecule has 9 nitrogen and oxygen atoms in total. The van der Waals surface area contributed by atoms with Gasteiger partial charge in [-0.3, -0.25) is 5.32 Å². The van der Waals surface area contributed by atoms with Gasteiger partial charge >= 0.3 is 18.0 Å². The van der Waals surface area contributed by atoms with Gasteiger partial charge in [-0.25, -0.2) is 19.4 Å². The van der Waals surface area contributed by atoms with Crippen LogP contribution >= 0.6 is 0 Å². The second-order valence-corrected chi connectivity index (χ2v) is 4.83. The van der Waals surface area contributed by atoms with Crippen LogP contribution in [0.4, 0.5) is 9.59 Å². The molecule has 0 aliphatic carbocycles. The maximum Gasteiger partial charge on any atom is 0.333 e. The molecule has 1 saturated heterocycles. The molecule has 9 heteroatoms. The van der Waals surface area contributed by atoms with E-state index in [-0.39, 0.29) is 25.2 Å². The van der Waals surface area contributed by atoms with Crippen molar-refractivity contribution in [2.24, 2.45) is 4.99 Å². The number of amides is 4. The number of nitrogens with zero attached hydrogens (tertiary/aromatic N) is 1. The van der Waals surface area contributed by atoms with E-state index < -0.39 is 12.0 Å². The highest BCUT2D eigenvalue weighted by molar-refractivity contribution is 6.08. The summed E-state index contributed by atoms with van der Waals surface area (Å²) in [5.41, 5.74) is 0.757. The van der Waals surface area contributed by atoms with Gasteiger partial charge in [0.2, 0.25) is 0 Å². The van der Waals surface area contributed by atoms with Gasteiger partial charge in [-0.2, -0.15) is 0 Å². The van der Waals surface area contributed by atoms with Crippen LogP contribution in [0, 0.1) is 0 Å². The Bertz CT molecular complexity index is 635. The molecule has 1 atom stereocenters. The number of urea groups is 2. The molecular formula is C14H17N5O4. The molecule has 0 aromatic rings. The first-order valence-electron chi connectivity index (χ1n) is 6.87.